The summed E-state index contributed by atoms with van der Waals surface area (Å²) < 4.78 is 4.67. The van der Waals surface area contributed by atoms with E-state index in [1.807, 2.05) is 31.2 Å². The number of hydrogen-bond donors (Lipinski definition) is 1. The second-order valence-electron chi connectivity index (χ2n) is 5.82. The van der Waals surface area contributed by atoms with Crippen molar-refractivity contribution in [1.29, 1.82) is 0 Å². The molecule has 0 radical (unpaired) electrons. The molecule has 2 aromatic carbocycles. The van der Waals surface area contributed by atoms with E-state index < -0.39 is 0 Å². The lowest BCUT2D eigenvalue weighted by atomic mass is 10.0. The fourth-order valence-electron chi connectivity index (χ4n) is 2.43. The summed E-state index contributed by atoms with van der Waals surface area (Å²) in [7, 11) is 1.36. The van der Waals surface area contributed by atoms with Crippen LogP contribution in [0.15, 0.2) is 48.5 Å². The Morgan fingerprint density at radius 3 is 2.00 bits per heavy atom. The number of methoxy groups -OCH3 is 1. The molecular weight excluding hydrogens is 314 g/mol. The minimum atomic E-state index is -0.358. The van der Waals surface area contributed by atoms with E-state index in [2.05, 4.69) is 21.9 Å². The molecule has 0 fully saturated rings. The monoisotopic (exact) mass is 335 g/mol. The lowest BCUT2D eigenvalue weighted by Gasteiger charge is -2.12. The van der Waals surface area contributed by atoms with Crippen molar-refractivity contribution < 1.29 is 14.3 Å². The highest BCUT2D eigenvalue weighted by atomic mass is 16.5. The maximum absolute atomic E-state index is 11.4. The van der Waals surface area contributed by atoms with Gasteiger partial charge in [-0.25, -0.2) is 4.79 Å². The summed E-state index contributed by atoms with van der Waals surface area (Å²) in [5.74, 6) is 5.79. The van der Waals surface area contributed by atoms with Gasteiger partial charge in [0, 0.05) is 24.1 Å². The molecule has 4 nitrogen and oxygen atoms in total. The van der Waals surface area contributed by atoms with E-state index in [1.54, 1.807) is 24.3 Å². The standard InChI is InChI=1S/C21H21NO3/c1-15(22-16(2)23)14-19-8-6-17(7-9-19)4-5-18-10-12-20(13-11-18)21(24)25-3/h6-13,15H,14H2,1-3H3,(H,22,23). The van der Waals surface area contributed by atoms with Crippen LogP contribution in [-0.4, -0.2) is 25.0 Å². The van der Waals surface area contributed by atoms with Crippen LogP contribution in [0.5, 0.6) is 0 Å². The molecular formula is C21H21NO3. The first-order valence-electron chi connectivity index (χ1n) is 8.04. The molecule has 0 spiro atoms. The highest BCUT2D eigenvalue weighted by Gasteiger charge is 2.05. The van der Waals surface area contributed by atoms with Crippen molar-refractivity contribution in [3.8, 4) is 11.8 Å². The molecule has 2 aromatic rings. The van der Waals surface area contributed by atoms with Gasteiger partial charge in [0.05, 0.1) is 12.7 Å². The van der Waals surface area contributed by atoms with Crippen molar-refractivity contribution in [2.75, 3.05) is 7.11 Å². The van der Waals surface area contributed by atoms with Crippen LogP contribution in [0.3, 0.4) is 0 Å². The van der Waals surface area contributed by atoms with E-state index in [9.17, 15) is 9.59 Å². The van der Waals surface area contributed by atoms with Crippen LogP contribution in [0.1, 0.15) is 40.9 Å². The number of hydrogen-bond acceptors (Lipinski definition) is 3. The number of esters is 1. The molecule has 1 unspecified atom stereocenters. The lowest BCUT2D eigenvalue weighted by Crippen LogP contribution is -2.31. The van der Waals surface area contributed by atoms with Crippen LogP contribution in [-0.2, 0) is 16.0 Å². The normalized spacial score (nSPS) is 11.0. The van der Waals surface area contributed by atoms with E-state index in [4.69, 9.17) is 0 Å². The summed E-state index contributed by atoms with van der Waals surface area (Å²) in [6.45, 7) is 3.50. The van der Waals surface area contributed by atoms with E-state index in [0.29, 0.717) is 5.56 Å². The van der Waals surface area contributed by atoms with Crippen LogP contribution < -0.4 is 5.32 Å². The molecule has 0 aromatic heterocycles. The summed E-state index contributed by atoms with van der Waals surface area (Å²) in [6, 6.07) is 15.0. The Hall–Kier alpha value is -3.06. The van der Waals surface area contributed by atoms with Crippen LogP contribution >= 0.6 is 0 Å². The van der Waals surface area contributed by atoms with E-state index in [1.165, 1.54) is 14.0 Å². The molecule has 1 amide bonds. The SMILES string of the molecule is COC(=O)c1ccc(C#Cc2ccc(CC(C)NC(C)=O)cc2)cc1. The van der Waals surface area contributed by atoms with Crippen LogP contribution in [0.4, 0.5) is 0 Å². The van der Waals surface area contributed by atoms with Gasteiger partial charge in [-0.2, -0.15) is 0 Å². The van der Waals surface area contributed by atoms with Gasteiger partial charge in [-0.1, -0.05) is 24.0 Å². The number of ether oxygens (including phenoxy) is 1. The first kappa shape index (κ1) is 18.3. The number of carbonyl (C=O) groups excluding carboxylic acids is 2. The first-order chi connectivity index (χ1) is 12.0. The Balaban J connectivity index is 2.01. The number of amides is 1. The molecule has 128 valence electrons. The van der Waals surface area contributed by atoms with Gasteiger partial charge in [0.25, 0.3) is 0 Å². The maximum atomic E-state index is 11.4. The van der Waals surface area contributed by atoms with Crippen molar-refractivity contribution >= 4 is 11.9 Å². The largest absolute Gasteiger partial charge is 0.465 e. The van der Waals surface area contributed by atoms with Crippen molar-refractivity contribution in [1.82, 2.24) is 5.32 Å². The molecule has 4 heteroatoms. The average Bonchev–Trinajstić information content (AvgIpc) is 2.60. The third-order valence-electron chi connectivity index (χ3n) is 3.60. The zero-order valence-electron chi connectivity index (χ0n) is 14.6. The zero-order chi connectivity index (χ0) is 18.2. The Labute approximate surface area is 148 Å². The minimum absolute atomic E-state index is 0.0202. The summed E-state index contributed by atoms with van der Waals surface area (Å²) in [5.41, 5.74) is 3.39. The quantitative estimate of drug-likeness (QED) is 0.690. The van der Waals surface area contributed by atoms with Crippen LogP contribution in [0.2, 0.25) is 0 Å². The van der Waals surface area contributed by atoms with Crippen LogP contribution in [0, 0.1) is 11.8 Å². The smallest absolute Gasteiger partial charge is 0.337 e. The van der Waals surface area contributed by atoms with Crippen molar-refractivity contribution in [3.05, 3.63) is 70.8 Å². The average molecular weight is 335 g/mol. The molecule has 1 N–H and O–H groups in total. The van der Waals surface area contributed by atoms with E-state index in [0.717, 1.165) is 23.1 Å². The molecule has 1 atom stereocenters. The van der Waals surface area contributed by atoms with E-state index in [-0.39, 0.29) is 17.9 Å². The lowest BCUT2D eigenvalue weighted by molar-refractivity contribution is -0.119. The number of benzene rings is 2. The number of carbonyl (C=O) groups is 2. The molecule has 0 bridgehead atoms. The summed E-state index contributed by atoms with van der Waals surface area (Å²) in [4.78, 5) is 22.4. The van der Waals surface area contributed by atoms with Crippen LogP contribution in [0.25, 0.3) is 0 Å². The molecule has 0 aliphatic heterocycles. The Bertz CT molecular complexity index is 796. The highest BCUT2D eigenvalue weighted by Crippen LogP contribution is 2.08. The highest BCUT2D eigenvalue weighted by molar-refractivity contribution is 5.89. The van der Waals surface area contributed by atoms with E-state index >= 15 is 0 Å². The number of nitrogens with one attached hydrogen (secondary N) is 1. The molecule has 0 aliphatic carbocycles. The van der Waals surface area contributed by atoms with Gasteiger partial charge in [0.15, 0.2) is 0 Å². The number of rotatable bonds is 4. The predicted molar refractivity (Wildman–Crippen MR) is 97.2 cm³/mol. The van der Waals surface area contributed by atoms with Gasteiger partial charge in [-0.15, -0.1) is 0 Å². The predicted octanol–water partition coefficient (Wildman–Crippen LogP) is 2.94. The molecule has 25 heavy (non-hydrogen) atoms. The molecule has 0 aliphatic rings. The van der Waals surface area contributed by atoms with Crippen molar-refractivity contribution in [3.63, 3.8) is 0 Å². The third-order valence-corrected chi connectivity index (χ3v) is 3.60. The fraction of sp³-hybridized carbons (Fsp3) is 0.238. The van der Waals surface area contributed by atoms with Gasteiger partial charge in [0.2, 0.25) is 5.91 Å². The Morgan fingerprint density at radius 2 is 1.52 bits per heavy atom. The first-order valence-corrected chi connectivity index (χ1v) is 8.04. The van der Waals surface area contributed by atoms with Gasteiger partial charge >= 0.3 is 5.97 Å². The summed E-state index contributed by atoms with van der Waals surface area (Å²) >= 11 is 0. The fourth-order valence-corrected chi connectivity index (χ4v) is 2.43. The van der Waals surface area contributed by atoms with Gasteiger partial charge in [0.1, 0.15) is 0 Å². The Morgan fingerprint density at radius 1 is 1.00 bits per heavy atom. The molecule has 0 heterocycles. The molecule has 2 rings (SSSR count). The maximum Gasteiger partial charge on any atom is 0.337 e. The van der Waals surface area contributed by atoms with Gasteiger partial charge < -0.3 is 10.1 Å². The molecule has 0 saturated carbocycles. The summed E-state index contributed by atoms with van der Waals surface area (Å²) in [5, 5.41) is 2.87. The zero-order valence-corrected chi connectivity index (χ0v) is 14.6. The van der Waals surface area contributed by atoms with Crippen molar-refractivity contribution in [2.24, 2.45) is 0 Å². The minimum Gasteiger partial charge on any atom is -0.465 e. The third kappa shape index (κ3) is 5.82. The Kier molecular flexibility index (Phi) is 6.36. The van der Waals surface area contributed by atoms with Gasteiger partial charge in [-0.3, -0.25) is 4.79 Å². The van der Waals surface area contributed by atoms with Gasteiger partial charge in [-0.05, 0) is 55.3 Å². The second-order valence-corrected chi connectivity index (χ2v) is 5.82. The summed E-state index contributed by atoms with van der Waals surface area (Å²) in [6.07, 6.45) is 0.780. The topological polar surface area (TPSA) is 55.4 Å². The molecule has 0 saturated heterocycles. The van der Waals surface area contributed by atoms with Crippen molar-refractivity contribution in [2.45, 2.75) is 26.3 Å². The second kappa shape index (κ2) is 8.70.